The Hall–Kier alpha value is -1.13. The smallest absolute Gasteiger partial charge is 0.304 e. The molecule has 1 unspecified atom stereocenters. The molecule has 2 rings (SSSR count). The average molecular weight is 258 g/mol. The predicted octanol–water partition coefficient (Wildman–Crippen LogP) is 3.10. The van der Waals surface area contributed by atoms with Gasteiger partial charge in [-0.3, -0.25) is 4.79 Å². The molecular formula is C11H9ClFNOS. The number of rotatable bonds is 3. The topological polar surface area (TPSA) is 32.9 Å². The minimum atomic E-state index is -0.281. The van der Waals surface area contributed by atoms with Crippen LogP contribution in [0.1, 0.15) is 16.6 Å². The van der Waals surface area contributed by atoms with Crippen molar-refractivity contribution in [3.8, 4) is 0 Å². The van der Waals surface area contributed by atoms with Gasteiger partial charge in [0.15, 0.2) is 0 Å². The van der Waals surface area contributed by atoms with E-state index >= 15 is 0 Å². The second-order valence-corrected chi connectivity index (χ2v) is 4.77. The van der Waals surface area contributed by atoms with E-state index in [0.717, 1.165) is 22.6 Å². The van der Waals surface area contributed by atoms with Gasteiger partial charge in [-0.15, -0.1) is 11.6 Å². The van der Waals surface area contributed by atoms with E-state index in [0.29, 0.717) is 6.42 Å². The first-order valence-electron chi connectivity index (χ1n) is 4.71. The van der Waals surface area contributed by atoms with Crippen LogP contribution in [0.15, 0.2) is 34.4 Å². The highest BCUT2D eigenvalue weighted by atomic mass is 35.5. The molecule has 0 aliphatic carbocycles. The Labute approximate surface area is 101 Å². The molecule has 1 atom stereocenters. The Bertz CT molecular complexity index is 519. The van der Waals surface area contributed by atoms with Crippen LogP contribution in [0.5, 0.6) is 0 Å². The van der Waals surface area contributed by atoms with E-state index in [2.05, 4.69) is 4.98 Å². The standard InChI is InChI=1S/C11H9ClFNOS/c12-10(5-9-6-16-11(15)14-9)7-1-3-8(13)4-2-7/h1-4,6,10H,5H2,(H,14,15). The summed E-state index contributed by atoms with van der Waals surface area (Å²) in [5, 5.41) is 1.49. The fourth-order valence-electron chi connectivity index (χ4n) is 1.40. The van der Waals surface area contributed by atoms with Crippen molar-refractivity contribution in [2.75, 3.05) is 0 Å². The molecule has 1 heterocycles. The summed E-state index contributed by atoms with van der Waals surface area (Å²) >= 11 is 7.28. The second-order valence-electron chi connectivity index (χ2n) is 3.40. The van der Waals surface area contributed by atoms with Crippen LogP contribution in [-0.4, -0.2) is 4.98 Å². The van der Waals surface area contributed by atoms with Gasteiger partial charge in [0.1, 0.15) is 5.82 Å². The van der Waals surface area contributed by atoms with Gasteiger partial charge in [0.25, 0.3) is 0 Å². The van der Waals surface area contributed by atoms with Gasteiger partial charge in [-0.2, -0.15) is 0 Å². The van der Waals surface area contributed by atoms with Crippen molar-refractivity contribution >= 4 is 22.9 Å². The molecule has 0 amide bonds. The first-order chi connectivity index (χ1) is 7.65. The van der Waals surface area contributed by atoms with Gasteiger partial charge in [-0.25, -0.2) is 4.39 Å². The molecule has 0 aliphatic rings. The third-order valence-electron chi connectivity index (χ3n) is 2.20. The van der Waals surface area contributed by atoms with Crippen molar-refractivity contribution < 1.29 is 4.39 Å². The molecule has 16 heavy (non-hydrogen) atoms. The van der Waals surface area contributed by atoms with Gasteiger partial charge in [-0.1, -0.05) is 23.5 Å². The van der Waals surface area contributed by atoms with E-state index in [1.807, 2.05) is 0 Å². The summed E-state index contributed by atoms with van der Waals surface area (Å²) in [4.78, 5) is 13.5. The van der Waals surface area contributed by atoms with Crippen molar-refractivity contribution in [3.63, 3.8) is 0 Å². The molecule has 0 saturated heterocycles. The van der Waals surface area contributed by atoms with Gasteiger partial charge in [-0.05, 0) is 17.7 Å². The van der Waals surface area contributed by atoms with E-state index in [4.69, 9.17) is 11.6 Å². The molecule has 2 nitrogen and oxygen atoms in total. The normalized spacial score (nSPS) is 12.6. The van der Waals surface area contributed by atoms with Crippen molar-refractivity contribution in [2.45, 2.75) is 11.8 Å². The molecule has 0 bridgehead atoms. The number of H-pyrrole nitrogens is 1. The van der Waals surface area contributed by atoms with E-state index in [1.165, 1.54) is 12.1 Å². The first-order valence-corrected chi connectivity index (χ1v) is 6.03. The minimum absolute atomic E-state index is 0.0852. The molecule has 1 aromatic carbocycles. The number of halogens is 2. The number of alkyl halides is 1. The predicted molar refractivity (Wildman–Crippen MR) is 63.6 cm³/mol. The summed E-state index contributed by atoms with van der Waals surface area (Å²) in [6.45, 7) is 0. The van der Waals surface area contributed by atoms with Crippen LogP contribution in [0.25, 0.3) is 0 Å². The highest BCUT2D eigenvalue weighted by Crippen LogP contribution is 2.24. The largest absolute Gasteiger partial charge is 0.317 e. The van der Waals surface area contributed by atoms with Crippen LogP contribution in [0.2, 0.25) is 0 Å². The van der Waals surface area contributed by atoms with Crippen molar-refractivity contribution in [3.05, 3.63) is 56.4 Å². The Morgan fingerprint density at radius 2 is 2.06 bits per heavy atom. The molecule has 0 aliphatic heterocycles. The lowest BCUT2D eigenvalue weighted by Gasteiger charge is -2.07. The third kappa shape index (κ3) is 2.71. The van der Waals surface area contributed by atoms with Gasteiger partial charge < -0.3 is 4.98 Å². The molecule has 2 aromatic rings. The number of aromatic amines is 1. The number of thiazole rings is 1. The quantitative estimate of drug-likeness (QED) is 0.842. The minimum Gasteiger partial charge on any atom is -0.317 e. The lowest BCUT2D eigenvalue weighted by Crippen LogP contribution is -2.00. The molecule has 0 spiro atoms. The lowest BCUT2D eigenvalue weighted by molar-refractivity contribution is 0.626. The van der Waals surface area contributed by atoms with Crippen molar-refractivity contribution in [1.29, 1.82) is 0 Å². The average Bonchev–Trinajstić information content (AvgIpc) is 2.65. The monoisotopic (exact) mass is 257 g/mol. The SMILES string of the molecule is O=c1[nH]c(CC(Cl)c2ccc(F)cc2)cs1. The van der Waals surface area contributed by atoms with Crippen LogP contribution < -0.4 is 4.87 Å². The molecule has 1 aromatic heterocycles. The Kier molecular flexibility index (Phi) is 3.41. The van der Waals surface area contributed by atoms with E-state index < -0.39 is 0 Å². The highest BCUT2D eigenvalue weighted by Gasteiger charge is 2.10. The molecule has 5 heteroatoms. The molecule has 0 radical (unpaired) electrons. The van der Waals surface area contributed by atoms with Crippen molar-refractivity contribution in [2.24, 2.45) is 0 Å². The molecule has 0 saturated carbocycles. The zero-order chi connectivity index (χ0) is 11.5. The molecule has 84 valence electrons. The Balaban J connectivity index is 2.11. The van der Waals surface area contributed by atoms with Gasteiger partial charge in [0.2, 0.25) is 0 Å². The van der Waals surface area contributed by atoms with Crippen LogP contribution in [0.3, 0.4) is 0 Å². The summed E-state index contributed by atoms with van der Waals surface area (Å²) in [6.07, 6.45) is 0.534. The van der Waals surface area contributed by atoms with Crippen molar-refractivity contribution in [1.82, 2.24) is 4.98 Å². The lowest BCUT2D eigenvalue weighted by atomic mass is 10.1. The number of hydrogen-bond acceptors (Lipinski definition) is 2. The van der Waals surface area contributed by atoms with E-state index in [1.54, 1.807) is 17.5 Å². The number of hydrogen-bond donors (Lipinski definition) is 1. The number of nitrogens with one attached hydrogen (secondary N) is 1. The van der Waals surface area contributed by atoms with Gasteiger partial charge >= 0.3 is 4.87 Å². The summed E-state index contributed by atoms with van der Waals surface area (Å²) < 4.78 is 12.7. The van der Waals surface area contributed by atoms with Crippen LogP contribution in [0, 0.1) is 5.82 Å². The maximum absolute atomic E-state index is 12.7. The second kappa shape index (κ2) is 4.80. The zero-order valence-corrected chi connectivity index (χ0v) is 9.82. The van der Waals surface area contributed by atoms with Crippen LogP contribution in [-0.2, 0) is 6.42 Å². The summed E-state index contributed by atoms with van der Waals surface area (Å²) in [5.74, 6) is -0.281. The molecule has 0 fully saturated rings. The number of benzene rings is 1. The summed E-state index contributed by atoms with van der Waals surface area (Å²) in [6, 6.07) is 6.05. The summed E-state index contributed by atoms with van der Waals surface area (Å²) in [5.41, 5.74) is 1.65. The third-order valence-corrected chi connectivity index (χ3v) is 3.33. The molecule has 1 N–H and O–H groups in total. The van der Waals surface area contributed by atoms with Gasteiger partial charge in [0.05, 0.1) is 5.38 Å². The Morgan fingerprint density at radius 3 is 2.62 bits per heavy atom. The highest BCUT2D eigenvalue weighted by molar-refractivity contribution is 7.07. The van der Waals surface area contributed by atoms with Gasteiger partial charge in [0, 0.05) is 17.5 Å². The van der Waals surface area contributed by atoms with Crippen LogP contribution in [0.4, 0.5) is 4.39 Å². The molecular weight excluding hydrogens is 249 g/mol. The van der Waals surface area contributed by atoms with E-state index in [-0.39, 0.29) is 16.1 Å². The van der Waals surface area contributed by atoms with E-state index in [9.17, 15) is 9.18 Å². The fraction of sp³-hybridized carbons (Fsp3) is 0.182. The first kappa shape index (κ1) is 11.4. The Morgan fingerprint density at radius 1 is 1.38 bits per heavy atom. The summed E-state index contributed by atoms with van der Waals surface area (Å²) in [7, 11) is 0. The maximum atomic E-state index is 12.7. The number of aromatic nitrogens is 1. The van der Waals surface area contributed by atoms with Crippen LogP contribution >= 0.6 is 22.9 Å². The zero-order valence-electron chi connectivity index (χ0n) is 8.24. The maximum Gasteiger partial charge on any atom is 0.304 e. The fourth-order valence-corrected chi connectivity index (χ4v) is 2.30.